The highest BCUT2D eigenvalue weighted by Gasteiger charge is 2.45. The predicted octanol–water partition coefficient (Wildman–Crippen LogP) is -0.273. The molecule has 2 saturated heterocycles. The van der Waals surface area contributed by atoms with Gasteiger partial charge in [0.1, 0.15) is 11.4 Å². The second kappa shape index (κ2) is 6.83. The van der Waals surface area contributed by atoms with Gasteiger partial charge in [-0.2, -0.15) is 5.10 Å². The summed E-state index contributed by atoms with van der Waals surface area (Å²) >= 11 is 0. The number of carbonyl (C=O) groups excluding carboxylic acids is 2. The molecule has 9 heteroatoms. The van der Waals surface area contributed by atoms with Crippen LogP contribution in [-0.2, 0) is 11.8 Å². The number of rotatable bonds is 4. The number of amides is 2. The molecule has 26 heavy (non-hydrogen) atoms. The third kappa shape index (κ3) is 3.05. The molecule has 0 spiro atoms. The summed E-state index contributed by atoms with van der Waals surface area (Å²) in [4.78, 5) is 34.6. The maximum Gasteiger partial charge on any atom is 0.274 e. The number of hydrogen-bond donors (Lipinski definition) is 1. The van der Waals surface area contributed by atoms with Crippen LogP contribution in [0.3, 0.4) is 0 Å². The fourth-order valence-corrected chi connectivity index (χ4v) is 3.66. The van der Waals surface area contributed by atoms with E-state index in [2.05, 4.69) is 20.4 Å². The topological polar surface area (TPSA) is 102 Å². The Labute approximate surface area is 150 Å². The largest absolute Gasteiger partial charge is 0.376 e. The van der Waals surface area contributed by atoms with Gasteiger partial charge in [0.2, 0.25) is 0 Å². The average Bonchev–Trinajstić information content (AvgIpc) is 3.36. The quantitative estimate of drug-likeness (QED) is 0.809. The molecule has 136 valence electrons. The molecule has 2 aromatic rings. The van der Waals surface area contributed by atoms with Gasteiger partial charge in [0, 0.05) is 57.1 Å². The second-order valence-corrected chi connectivity index (χ2v) is 6.65. The van der Waals surface area contributed by atoms with Crippen LogP contribution in [0.2, 0.25) is 0 Å². The minimum atomic E-state index is -0.154. The van der Waals surface area contributed by atoms with Crippen LogP contribution in [0.1, 0.15) is 21.0 Å². The van der Waals surface area contributed by atoms with Crippen LogP contribution < -0.4 is 5.32 Å². The maximum absolute atomic E-state index is 12.5. The van der Waals surface area contributed by atoms with Crippen molar-refractivity contribution in [3.8, 4) is 0 Å². The smallest absolute Gasteiger partial charge is 0.274 e. The number of aryl methyl sites for hydroxylation is 1. The van der Waals surface area contributed by atoms with Crippen molar-refractivity contribution in [2.75, 3.05) is 26.2 Å². The molecular formula is C17H20N6O3. The molecule has 2 aromatic heterocycles. The van der Waals surface area contributed by atoms with Gasteiger partial charge in [0.05, 0.1) is 18.9 Å². The van der Waals surface area contributed by atoms with Crippen LogP contribution in [0.4, 0.5) is 0 Å². The summed E-state index contributed by atoms with van der Waals surface area (Å²) in [7, 11) is 1.73. The van der Waals surface area contributed by atoms with E-state index < -0.39 is 0 Å². The summed E-state index contributed by atoms with van der Waals surface area (Å²) in [6, 6.07) is 1.68. The molecule has 2 fully saturated rings. The van der Waals surface area contributed by atoms with Crippen molar-refractivity contribution < 1.29 is 14.3 Å². The summed E-state index contributed by atoms with van der Waals surface area (Å²) in [5.74, 6) is 0.104. The van der Waals surface area contributed by atoms with Gasteiger partial charge in [-0.15, -0.1) is 0 Å². The second-order valence-electron chi connectivity index (χ2n) is 6.65. The Hall–Kier alpha value is -2.81. The average molecular weight is 356 g/mol. The van der Waals surface area contributed by atoms with Gasteiger partial charge in [-0.3, -0.25) is 19.3 Å². The van der Waals surface area contributed by atoms with Gasteiger partial charge in [-0.05, 0) is 6.07 Å². The molecule has 0 aromatic carbocycles. The van der Waals surface area contributed by atoms with Gasteiger partial charge in [-0.1, -0.05) is 0 Å². The van der Waals surface area contributed by atoms with E-state index in [1.54, 1.807) is 35.1 Å². The molecule has 1 N–H and O–H groups in total. The summed E-state index contributed by atoms with van der Waals surface area (Å²) < 4.78 is 7.40. The van der Waals surface area contributed by atoms with E-state index in [0.29, 0.717) is 37.6 Å². The highest BCUT2D eigenvalue weighted by molar-refractivity contribution is 5.92. The van der Waals surface area contributed by atoms with E-state index in [-0.39, 0.29) is 29.8 Å². The Morgan fingerprint density at radius 1 is 1.31 bits per heavy atom. The first kappa shape index (κ1) is 16.6. The lowest BCUT2D eigenvalue weighted by atomic mass is 9.93. The molecular weight excluding hydrogens is 336 g/mol. The van der Waals surface area contributed by atoms with Crippen LogP contribution in [-0.4, -0.2) is 68.8 Å². The molecule has 0 aliphatic carbocycles. The lowest BCUT2D eigenvalue weighted by Crippen LogP contribution is -2.36. The first-order valence-corrected chi connectivity index (χ1v) is 8.56. The Kier molecular flexibility index (Phi) is 4.37. The molecule has 2 amide bonds. The third-order valence-corrected chi connectivity index (χ3v) is 5.09. The number of hydrogen-bond acceptors (Lipinski definition) is 6. The SMILES string of the molecule is Cn1nccc1C(=O)NC[C@H]1CO[C@@H]2CN(C(=O)c3cnccn3)C[C@H]12. The molecule has 9 nitrogen and oxygen atoms in total. The predicted molar refractivity (Wildman–Crippen MR) is 90.2 cm³/mol. The summed E-state index contributed by atoms with van der Waals surface area (Å²) in [6.07, 6.45) is 6.13. The standard InChI is InChI=1S/C17H20N6O3/c1-22-14(2-3-21-22)16(24)20-6-11-10-26-15-9-23(8-12(11)15)17(25)13-7-18-4-5-19-13/h2-5,7,11-12,15H,6,8-10H2,1H3,(H,20,24)/t11-,12+,15+/m0/s1. The van der Waals surface area contributed by atoms with Crippen molar-refractivity contribution in [1.29, 1.82) is 0 Å². The van der Waals surface area contributed by atoms with Crippen molar-refractivity contribution in [1.82, 2.24) is 30.0 Å². The molecule has 3 atom stereocenters. The first-order chi connectivity index (χ1) is 12.6. The van der Waals surface area contributed by atoms with Crippen molar-refractivity contribution >= 4 is 11.8 Å². The highest BCUT2D eigenvalue weighted by Crippen LogP contribution is 2.33. The Morgan fingerprint density at radius 3 is 2.92 bits per heavy atom. The number of carbonyl (C=O) groups is 2. The zero-order valence-electron chi connectivity index (χ0n) is 14.4. The number of nitrogens with one attached hydrogen (secondary N) is 1. The van der Waals surface area contributed by atoms with Crippen LogP contribution in [0.15, 0.2) is 30.9 Å². The van der Waals surface area contributed by atoms with Gasteiger partial charge in [-0.25, -0.2) is 4.98 Å². The van der Waals surface area contributed by atoms with E-state index in [0.717, 1.165) is 0 Å². The summed E-state index contributed by atoms with van der Waals surface area (Å²) in [5, 5.41) is 6.96. The Morgan fingerprint density at radius 2 is 2.19 bits per heavy atom. The number of fused-ring (bicyclic) bond motifs is 1. The monoisotopic (exact) mass is 356 g/mol. The normalized spacial score (nSPS) is 24.5. The number of aromatic nitrogens is 4. The Balaban J connectivity index is 1.35. The number of ether oxygens (including phenoxy) is 1. The van der Waals surface area contributed by atoms with Crippen molar-refractivity contribution in [2.24, 2.45) is 18.9 Å². The first-order valence-electron chi connectivity index (χ1n) is 8.56. The molecule has 2 aliphatic heterocycles. The summed E-state index contributed by atoms with van der Waals surface area (Å²) in [6.45, 7) is 2.26. The molecule has 2 aliphatic rings. The van der Waals surface area contributed by atoms with E-state index in [4.69, 9.17) is 4.74 Å². The lowest BCUT2D eigenvalue weighted by Gasteiger charge is -2.19. The van der Waals surface area contributed by atoms with Gasteiger partial charge < -0.3 is 15.0 Å². The number of nitrogens with zero attached hydrogens (tertiary/aromatic N) is 5. The molecule has 0 unspecified atom stereocenters. The van der Waals surface area contributed by atoms with Gasteiger partial charge in [0.25, 0.3) is 11.8 Å². The van der Waals surface area contributed by atoms with Gasteiger partial charge >= 0.3 is 0 Å². The van der Waals surface area contributed by atoms with Crippen molar-refractivity contribution in [2.45, 2.75) is 6.10 Å². The van der Waals surface area contributed by atoms with Crippen molar-refractivity contribution in [3.05, 3.63) is 42.2 Å². The van der Waals surface area contributed by atoms with Crippen molar-refractivity contribution in [3.63, 3.8) is 0 Å². The lowest BCUT2D eigenvalue weighted by molar-refractivity contribution is 0.0669. The highest BCUT2D eigenvalue weighted by atomic mass is 16.5. The maximum atomic E-state index is 12.5. The third-order valence-electron chi connectivity index (χ3n) is 5.09. The fourth-order valence-electron chi connectivity index (χ4n) is 3.66. The molecule has 4 rings (SSSR count). The van der Waals surface area contributed by atoms with E-state index in [1.165, 1.54) is 12.4 Å². The molecule has 4 heterocycles. The van der Waals surface area contributed by atoms with Crippen LogP contribution in [0, 0.1) is 11.8 Å². The van der Waals surface area contributed by atoms with Crippen LogP contribution in [0.5, 0.6) is 0 Å². The zero-order chi connectivity index (χ0) is 18.1. The molecule has 0 saturated carbocycles. The van der Waals surface area contributed by atoms with Crippen LogP contribution >= 0.6 is 0 Å². The minimum absolute atomic E-state index is 0.00854. The van der Waals surface area contributed by atoms with E-state index in [1.807, 2.05) is 0 Å². The van der Waals surface area contributed by atoms with E-state index >= 15 is 0 Å². The molecule has 0 radical (unpaired) electrons. The fraction of sp³-hybridized carbons (Fsp3) is 0.471. The van der Waals surface area contributed by atoms with Gasteiger partial charge in [0.15, 0.2) is 0 Å². The minimum Gasteiger partial charge on any atom is -0.376 e. The van der Waals surface area contributed by atoms with Crippen LogP contribution in [0.25, 0.3) is 0 Å². The molecule has 0 bridgehead atoms. The zero-order valence-corrected chi connectivity index (χ0v) is 14.4. The summed E-state index contributed by atoms with van der Waals surface area (Å²) in [5.41, 5.74) is 0.861. The van der Waals surface area contributed by atoms with E-state index in [9.17, 15) is 9.59 Å². The number of likely N-dealkylation sites (tertiary alicyclic amines) is 1. The Bertz CT molecular complexity index is 808.